The molecule has 1 aliphatic carbocycles. The van der Waals surface area contributed by atoms with Crippen molar-refractivity contribution in [3.8, 4) is 11.4 Å². The molecule has 0 atom stereocenters. The molecule has 4 heteroatoms. The second-order valence-electron chi connectivity index (χ2n) is 9.03. The minimum absolute atomic E-state index is 0.185. The maximum atomic E-state index is 4.64. The number of hydrogen-bond acceptors (Lipinski definition) is 2. The highest BCUT2D eigenvalue weighted by atomic mass is 15.2. The van der Waals surface area contributed by atoms with Gasteiger partial charge in [-0.2, -0.15) is 5.10 Å². The molecule has 136 valence electrons. The van der Waals surface area contributed by atoms with E-state index in [1.807, 2.05) is 0 Å². The van der Waals surface area contributed by atoms with Crippen molar-refractivity contribution >= 4 is 16.6 Å². The topological polar surface area (TPSA) is 47.7 Å². The lowest BCUT2D eigenvalue weighted by Gasteiger charge is -2.26. The number of anilines is 1. The summed E-state index contributed by atoms with van der Waals surface area (Å²) in [7, 11) is 0. The van der Waals surface area contributed by atoms with E-state index in [2.05, 4.69) is 66.8 Å². The predicted octanol–water partition coefficient (Wildman–Crippen LogP) is 4.86. The van der Waals surface area contributed by atoms with Crippen LogP contribution in [0.4, 0.5) is 5.69 Å². The second-order valence-corrected chi connectivity index (χ2v) is 9.03. The Kier molecular flexibility index (Phi) is 3.17. The fraction of sp³-hybridized carbons (Fsp3) is 0.500. The van der Waals surface area contributed by atoms with E-state index in [9.17, 15) is 0 Å². The number of nitrogens with zero attached hydrogens (tertiary/aromatic N) is 2. The summed E-state index contributed by atoms with van der Waals surface area (Å²) in [5, 5.41) is 9.22. The first-order valence-corrected chi connectivity index (χ1v) is 9.87. The van der Waals surface area contributed by atoms with Gasteiger partial charge in [0.25, 0.3) is 0 Å². The number of rotatable bonds is 1. The average Bonchev–Trinajstić information content (AvgIpc) is 3.15. The summed E-state index contributed by atoms with van der Waals surface area (Å²) in [6, 6.07) is 5.37. The van der Waals surface area contributed by atoms with E-state index < -0.39 is 0 Å². The molecule has 5 rings (SSSR count). The number of aromatic amines is 2. The summed E-state index contributed by atoms with van der Waals surface area (Å²) in [5.74, 6) is 0. The Balaban J connectivity index is 1.78. The Hall–Kier alpha value is -2.23. The van der Waals surface area contributed by atoms with Crippen LogP contribution in [0.3, 0.4) is 0 Å². The minimum atomic E-state index is 0.185. The smallest absolute Gasteiger partial charge is 0.112 e. The van der Waals surface area contributed by atoms with Gasteiger partial charge in [0.15, 0.2) is 0 Å². The van der Waals surface area contributed by atoms with Crippen molar-refractivity contribution in [1.29, 1.82) is 0 Å². The molecule has 4 nitrogen and oxygen atoms in total. The molecule has 2 N–H and O–H groups in total. The third-order valence-corrected chi connectivity index (χ3v) is 6.41. The van der Waals surface area contributed by atoms with E-state index in [4.69, 9.17) is 0 Å². The van der Waals surface area contributed by atoms with Gasteiger partial charge in [0, 0.05) is 45.8 Å². The fourth-order valence-corrected chi connectivity index (χ4v) is 4.99. The number of hydrogen-bond donors (Lipinski definition) is 2. The summed E-state index contributed by atoms with van der Waals surface area (Å²) in [4.78, 5) is 6.30. The number of H-pyrrole nitrogens is 2. The lowest BCUT2D eigenvalue weighted by Crippen LogP contribution is -2.33. The molecule has 0 saturated heterocycles. The third kappa shape index (κ3) is 2.04. The van der Waals surface area contributed by atoms with E-state index in [1.54, 1.807) is 0 Å². The average molecular weight is 348 g/mol. The zero-order valence-corrected chi connectivity index (χ0v) is 16.5. The van der Waals surface area contributed by atoms with Gasteiger partial charge in [-0.25, -0.2) is 0 Å². The van der Waals surface area contributed by atoms with Crippen molar-refractivity contribution in [2.24, 2.45) is 0 Å². The van der Waals surface area contributed by atoms with Crippen LogP contribution in [-0.4, -0.2) is 27.8 Å². The van der Waals surface area contributed by atoms with Crippen LogP contribution in [0.1, 0.15) is 56.5 Å². The van der Waals surface area contributed by atoms with Crippen molar-refractivity contribution < 1.29 is 0 Å². The molecule has 0 bridgehead atoms. The van der Waals surface area contributed by atoms with E-state index in [0.717, 1.165) is 25.1 Å². The first-order chi connectivity index (χ1) is 12.4. The molecule has 0 amide bonds. The SMILES string of the molecule is Cc1[nH]nc2c1CCCc1c-2[nH]c2cc3c(cc12)N(C(C)C)CC3(C)C. The van der Waals surface area contributed by atoms with Gasteiger partial charge >= 0.3 is 0 Å². The highest BCUT2D eigenvalue weighted by Crippen LogP contribution is 2.46. The lowest BCUT2D eigenvalue weighted by molar-refractivity contribution is 0.532. The van der Waals surface area contributed by atoms with Gasteiger partial charge < -0.3 is 9.88 Å². The molecule has 0 unspecified atom stereocenters. The molecule has 2 aliphatic rings. The van der Waals surface area contributed by atoms with Gasteiger partial charge in [0.05, 0.1) is 5.69 Å². The Labute approximate surface area is 155 Å². The van der Waals surface area contributed by atoms with Gasteiger partial charge in [-0.1, -0.05) is 13.8 Å². The van der Waals surface area contributed by atoms with Crippen LogP contribution in [-0.2, 0) is 18.3 Å². The maximum Gasteiger partial charge on any atom is 0.112 e. The van der Waals surface area contributed by atoms with Crippen LogP contribution in [0.15, 0.2) is 12.1 Å². The van der Waals surface area contributed by atoms with E-state index >= 15 is 0 Å². The summed E-state index contributed by atoms with van der Waals surface area (Å²) in [5.41, 5.74) is 10.7. The van der Waals surface area contributed by atoms with Gasteiger partial charge in [0.2, 0.25) is 0 Å². The minimum Gasteiger partial charge on any atom is -0.368 e. The number of aromatic nitrogens is 3. The first kappa shape index (κ1) is 16.0. The molecule has 2 aromatic heterocycles. The van der Waals surface area contributed by atoms with Crippen LogP contribution < -0.4 is 4.90 Å². The summed E-state index contributed by atoms with van der Waals surface area (Å²) < 4.78 is 0. The van der Waals surface area contributed by atoms with Gasteiger partial charge in [-0.3, -0.25) is 5.10 Å². The monoisotopic (exact) mass is 348 g/mol. The third-order valence-electron chi connectivity index (χ3n) is 6.41. The molecular weight excluding hydrogens is 320 g/mol. The lowest BCUT2D eigenvalue weighted by atomic mass is 9.86. The Morgan fingerprint density at radius 3 is 2.69 bits per heavy atom. The molecule has 0 saturated carbocycles. The molecule has 3 heterocycles. The van der Waals surface area contributed by atoms with E-state index in [-0.39, 0.29) is 5.41 Å². The summed E-state index contributed by atoms with van der Waals surface area (Å²) in [6.07, 6.45) is 3.41. The molecule has 26 heavy (non-hydrogen) atoms. The Bertz CT molecular complexity index is 1020. The largest absolute Gasteiger partial charge is 0.368 e. The number of nitrogens with one attached hydrogen (secondary N) is 2. The zero-order chi connectivity index (χ0) is 18.2. The summed E-state index contributed by atoms with van der Waals surface area (Å²) in [6.45, 7) is 12.6. The standard InChI is InChI=1S/C22H28N4/c1-12(2)26-11-22(4,5)17-10-18-16(9-19(17)26)15-8-6-7-14-13(3)24-25-21(14)20(15)23-18/h9-10,12,23H,6-8,11H2,1-5H3,(H,24,25). The van der Waals surface area contributed by atoms with Gasteiger partial charge in [-0.05, 0) is 63.3 Å². The highest BCUT2D eigenvalue weighted by Gasteiger charge is 2.37. The predicted molar refractivity (Wildman–Crippen MR) is 108 cm³/mol. The van der Waals surface area contributed by atoms with Crippen molar-refractivity contribution in [3.63, 3.8) is 0 Å². The molecule has 0 radical (unpaired) electrons. The molecular formula is C22H28N4. The van der Waals surface area contributed by atoms with Gasteiger partial charge in [0.1, 0.15) is 5.69 Å². The van der Waals surface area contributed by atoms with E-state index in [1.165, 1.54) is 51.1 Å². The Morgan fingerprint density at radius 2 is 1.92 bits per heavy atom. The second kappa shape index (κ2) is 5.15. The number of fused-ring (bicyclic) bond motifs is 6. The molecule has 0 spiro atoms. The zero-order valence-electron chi connectivity index (χ0n) is 16.5. The van der Waals surface area contributed by atoms with Gasteiger partial charge in [-0.15, -0.1) is 0 Å². The molecule has 1 aromatic carbocycles. The van der Waals surface area contributed by atoms with Crippen LogP contribution in [0, 0.1) is 6.92 Å². The van der Waals surface area contributed by atoms with Crippen LogP contribution in [0.25, 0.3) is 22.3 Å². The highest BCUT2D eigenvalue weighted by molar-refractivity contribution is 5.95. The molecule has 1 aliphatic heterocycles. The van der Waals surface area contributed by atoms with Crippen molar-refractivity contribution in [1.82, 2.24) is 15.2 Å². The number of benzene rings is 1. The normalized spacial score (nSPS) is 18.2. The van der Waals surface area contributed by atoms with E-state index in [0.29, 0.717) is 6.04 Å². The number of aryl methyl sites for hydroxylation is 2. The van der Waals surface area contributed by atoms with Crippen LogP contribution in [0.5, 0.6) is 0 Å². The quantitative estimate of drug-likeness (QED) is 0.660. The first-order valence-electron chi connectivity index (χ1n) is 9.87. The van der Waals surface area contributed by atoms with Crippen molar-refractivity contribution in [2.45, 2.75) is 65.3 Å². The Morgan fingerprint density at radius 1 is 1.15 bits per heavy atom. The van der Waals surface area contributed by atoms with Crippen LogP contribution in [0.2, 0.25) is 0 Å². The fourth-order valence-electron chi connectivity index (χ4n) is 4.99. The molecule has 3 aromatic rings. The maximum absolute atomic E-state index is 4.64. The van der Waals surface area contributed by atoms with Crippen molar-refractivity contribution in [3.05, 3.63) is 34.5 Å². The summed E-state index contributed by atoms with van der Waals surface area (Å²) >= 11 is 0. The van der Waals surface area contributed by atoms with Crippen molar-refractivity contribution in [2.75, 3.05) is 11.4 Å². The van der Waals surface area contributed by atoms with Crippen LogP contribution >= 0.6 is 0 Å². The molecule has 0 fully saturated rings.